The molecular weight excluding hydrogens is 444 g/mol. The molecule has 1 unspecified atom stereocenters. The number of esters is 1. The van der Waals surface area contributed by atoms with Gasteiger partial charge in [0.1, 0.15) is 17.7 Å². The number of fused-ring (bicyclic) bond motifs is 5. The molecule has 4 fully saturated rings. The highest BCUT2D eigenvalue weighted by atomic mass is 16.5. The molecule has 6 nitrogen and oxygen atoms in total. The Labute approximate surface area is 209 Å². The van der Waals surface area contributed by atoms with Crippen LogP contribution in [0.4, 0.5) is 0 Å². The topological polar surface area (TPSA) is 97.7 Å². The largest absolute Gasteiger partial charge is 0.481 e. The molecule has 6 heteroatoms. The maximum atomic E-state index is 13.4. The average Bonchev–Trinajstić information content (AvgIpc) is 3.06. The number of Topliss-reactive ketones (excluding diaryl/α,β-unsaturated/α-hetero) is 2. The number of ketones is 2. The van der Waals surface area contributed by atoms with Gasteiger partial charge in [-0.2, -0.15) is 0 Å². The zero-order valence-corrected chi connectivity index (χ0v) is 22.2. The van der Waals surface area contributed by atoms with E-state index in [2.05, 4.69) is 13.8 Å². The molecule has 10 atom stereocenters. The Kier molecular flexibility index (Phi) is 7.25. The van der Waals surface area contributed by atoms with E-state index >= 15 is 0 Å². The summed E-state index contributed by atoms with van der Waals surface area (Å²) in [5, 5.41) is 9.16. The van der Waals surface area contributed by atoms with Gasteiger partial charge < -0.3 is 9.84 Å². The second kappa shape index (κ2) is 9.63. The van der Waals surface area contributed by atoms with Crippen LogP contribution >= 0.6 is 0 Å². The molecular formula is C29H44O6. The number of hydrogen-bond donors (Lipinski definition) is 1. The summed E-state index contributed by atoms with van der Waals surface area (Å²) in [7, 11) is 0. The third-order valence-corrected chi connectivity index (χ3v) is 11.1. The van der Waals surface area contributed by atoms with E-state index in [-0.39, 0.29) is 52.7 Å². The Morgan fingerprint density at radius 3 is 2.37 bits per heavy atom. The van der Waals surface area contributed by atoms with Crippen molar-refractivity contribution in [2.45, 2.75) is 105 Å². The molecule has 35 heavy (non-hydrogen) atoms. The number of carbonyl (C=O) groups excluding carboxylic acids is 3. The fourth-order valence-corrected chi connectivity index (χ4v) is 9.14. The van der Waals surface area contributed by atoms with Crippen molar-refractivity contribution in [3.8, 4) is 0 Å². The average molecular weight is 489 g/mol. The third kappa shape index (κ3) is 4.59. The highest BCUT2D eigenvalue weighted by Crippen LogP contribution is 2.67. The van der Waals surface area contributed by atoms with Crippen LogP contribution in [0.1, 0.15) is 98.8 Å². The van der Waals surface area contributed by atoms with Gasteiger partial charge in [-0.15, -0.1) is 0 Å². The van der Waals surface area contributed by atoms with Crippen LogP contribution in [0.25, 0.3) is 0 Å². The van der Waals surface area contributed by atoms with Gasteiger partial charge >= 0.3 is 11.9 Å². The lowest BCUT2D eigenvalue weighted by Gasteiger charge is -2.61. The minimum atomic E-state index is -0.876. The molecule has 0 radical (unpaired) electrons. The van der Waals surface area contributed by atoms with Crippen molar-refractivity contribution in [2.24, 2.45) is 52.3 Å². The zero-order chi connectivity index (χ0) is 25.7. The van der Waals surface area contributed by atoms with Crippen LogP contribution in [-0.4, -0.2) is 34.7 Å². The van der Waals surface area contributed by atoms with Crippen molar-refractivity contribution >= 4 is 23.5 Å². The third-order valence-electron chi connectivity index (χ3n) is 11.1. The van der Waals surface area contributed by atoms with Gasteiger partial charge in [0.2, 0.25) is 0 Å². The van der Waals surface area contributed by atoms with Crippen LogP contribution in [0.5, 0.6) is 0 Å². The summed E-state index contributed by atoms with van der Waals surface area (Å²) in [6.07, 6.45) is 8.49. The van der Waals surface area contributed by atoms with Gasteiger partial charge in [0.25, 0.3) is 0 Å². The minimum absolute atomic E-state index is 0.0416. The minimum Gasteiger partial charge on any atom is -0.481 e. The van der Waals surface area contributed by atoms with Gasteiger partial charge in [0, 0.05) is 31.6 Å². The number of carbonyl (C=O) groups is 4. The molecule has 1 N–H and O–H groups in total. The predicted molar refractivity (Wildman–Crippen MR) is 131 cm³/mol. The molecule has 0 amide bonds. The first-order chi connectivity index (χ1) is 16.4. The summed E-state index contributed by atoms with van der Waals surface area (Å²) in [5.74, 6) is 0.0949. The van der Waals surface area contributed by atoms with Crippen LogP contribution in [0.2, 0.25) is 0 Å². The molecule has 0 aliphatic heterocycles. The van der Waals surface area contributed by atoms with E-state index in [0.717, 1.165) is 44.9 Å². The molecule has 0 aromatic heterocycles. The van der Waals surface area contributed by atoms with E-state index in [1.807, 2.05) is 6.92 Å². The summed E-state index contributed by atoms with van der Waals surface area (Å²) in [5.41, 5.74) is 0.0836. The molecule has 4 rings (SSSR count). The van der Waals surface area contributed by atoms with E-state index in [1.165, 1.54) is 6.92 Å². The Hall–Kier alpha value is -1.72. The van der Waals surface area contributed by atoms with Gasteiger partial charge in [0.15, 0.2) is 0 Å². The summed E-state index contributed by atoms with van der Waals surface area (Å²) in [4.78, 5) is 49.2. The summed E-state index contributed by atoms with van der Waals surface area (Å²) in [6, 6.07) is 0. The molecule has 0 aromatic carbocycles. The van der Waals surface area contributed by atoms with Crippen molar-refractivity contribution < 1.29 is 29.0 Å². The predicted octanol–water partition coefficient (Wildman–Crippen LogP) is 5.46. The lowest BCUT2D eigenvalue weighted by atomic mass is 9.44. The van der Waals surface area contributed by atoms with E-state index in [4.69, 9.17) is 9.84 Å². The van der Waals surface area contributed by atoms with Gasteiger partial charge in [-0.3, -0.25) is 19.2 Å². The van der Waals surface area contributed by atoms with E-state index in [1.54, 1.807) is 6.92 Å². The normalized spacial score (nSPS) is 42.3. The van der Waals surface area contributed by atoms with Crippen LogP contribution in [-0.2, 0) is 23.9 Å². The number of aliphatic carboxylic acids is 1. The van der Waals surface area contributed by atoms with Crippen molar-refractivity contribution in [3.05, 3.63) is 0 Å². The molecule has 0 heterocycles. The number of carboxylic acids is 1. The van der Waals surface area contributed by atoms with Gasteiger partial charge in [-0.1, -0.05) is 27.7 Å². The lowest BCUT2D eigenvalue weighted by Crippen LogP contribution is -2.54. The van der Waals surface area contributed by atoms with Crippen molar-refractivity contribution in [1.29, 1.82) is 0 Å². The van der Waals surface area contributed by atoms with Gasteiger partial charge in [-0.05, 0) is 85.9 Å². The van der Waals surface area contributed by atoms with E-state index < -0.39 is 11.9 Å². The Bertz CT molecular complexity index is 880. The first kappa shape index (κ1) is 26.3. The fraction of sp³-hybridized carbons (Fsp3) is 0.862. The Morgan fingerprint density at radius 1 is 1.03 bits per heavy atom. The number of hydrogen-bond acceptors (Lipinski definition) is 5. The van der Waals surface area contributed by atoms with Crippen molar-refractivity contribution in [2.75, 3.05) is 0 Å². The number of rotatable bonds is 7. The fourth-order valence-electron chi connectivity index (χ4n) is 9.14. The molecule has 0 aromatic rings. The summed E-state index contributed by atoms with van der Waals surface area (Å²) >= 11 is 0. The number of carboxylic acid groups (broad SMARTS) is 1. The first-order valence-corrected chi connectivity index (χ1v) is 13.8. The second-order valence-electron chi connectivity index (χ2n) is 12.9. The molecule has 4 aliphatic rings. The van der Waals surface area contributed by atoms with Gasteiger partial charge in [0.05, 0.1) is 5.92 Å². The van der Waals surface area contributed by atoms with E-state index in [0.29, 0.717) is 36.5 Å². The second-order valence-corrected chi connectivity index (χ2v) is 12.9. The van der Waals surface area contributed by atoms with Crippen molar-refractivity contribution in [3.63, 3.8) is 0 Å². The molecule has 0 saturated heterocycles. The van der Waals surface area contributed by atoms with Crippen LogP contribution in [0.3, 0.4) is 0 Å². The van der Waals surface area contributed by atoms with Crippen LogP contribution < -0.4 is 0 Å². The van der Waals surface area contributed by atoms with Crippen LogP contribution in [0.15, 0.2) is 0 Å². The monoisotopic (exact) mass is 488 g/mol. The molecule has 196 valence electrons. The highest BCUT2D eigenvalue weighted by molar-refractivity contribution is 5.92. The number of ether oxygens (including phenoxy) is 1. The smallest absolute Gasteiger partial charge is 0.306 e. The first-order valence-electron chi connectivity index (χ1n) is 13.8. The van der Waals surface area contributed by atoms with Gasteiger partial charge in [-0.25, -0.2) is 0 Å². The lowest BCUT2D eigenvalue weighted by molar-refractivity contribution is -0.160. The maximum Gasteiger partial charge on any atom is 0.306 e. The highest BCUT2D eigenvalue weighted by Gasteiger charge is 2.63. The molecule has 0 spiro atoms. The summed E-state index contributed by atoms with van der Waals surface area (Å²) in [6.45, 7) is 9.75. The quantitative estimate of drug-likeness (QED) is 0.478. The van der Waals surface area contributed by atoms with Crippen LogP contribution in [0, 0.1) is 52.3 Å². The molecule has 0 bridgehead atoms. The molecule has 4 aliphatic carbocycles. The Morgan fingerprint density at radius 2 is 1.71 bits per heavy atom. The van der Waals surface area contributed by atoms with E-state index in [9.17, 15) is 19.2 Å². The summed E-state index contributed by atoms with van der Waals surface area (Å²) < 4.78 is 5.58. The van der Waals surface area contributed by atoms with Crippen molar-refractivity contribution in [1.82, 2.24) is 0 Å². The standard InChI is InChI=1S/C29H44O6/c1-16(27(33)34)6-9-24(31)17(2)26-25(32)15-23-21-8-7-19-14-20(35-18(3)30)10-12-28(19,4)22(21)11-13-29(23,26)5/h16-17,19-23,26H,6-15H2,1-5H3,(H,33,34)/t16?,17-,19+,20+,21-,22+,23+,26+,28+,29+/m1/s1. The molecule has 4 saturated carbocycles. The SMILES string of the molecule is CC(=O)O[C@H]1CC[C@@]2(C)[C@@H](CC[C@@H]3[C@@H]2CC[C@]2(C)[C@@H]([C@H](C)C(=O)CCC(C)C(=O)O)C(=O)C[C@@H]32)C1. The zero-order valence-electron chi connectivity index (χ0n) is 22.2. The Balaban J connectivity index is 1.48. The maximum absolute atomic E-state index is 13.4.